The van der Waals surface area contributed by atoms with Crippen molar-refractivity contribution in [2.45, 2.75) is 13.3 Å². The Bertz CT molecular complexity index is 478. The summed E-state index contributed by atoms with van der Waals surface area (Å²) < 4.78 is 14.9. The first-order valence-corrected chi connectivity index (χ1v) is 4.68. The average molecular weight is 206 g/mol. The van der Waals surface area contributed by atoms with Crippen LogP contribution in [-0.4, -0.2) is 14.8 Å². The number of benzene rings is 1. The molecule has 1 heterocycles. The van der Waals surface area contributed by atoms with Crippen LogP contribution in [0.5, 0.6) is 0 Å². The average Bonchev–Trinajstić information content (AvgIpc) is 2.60. The lowest BCUT2D eigenvalue weighted by molar-refractivity contribution is 0.606. The van der Waals surface area contributed by atoms with Crippen molar-refractivity contribution in [3.8, 4) is 5.69 Å². The van der Waals surface area contributed by atoms with Gasteiger partial charge in [0.05, 0.1) is 0 Å². The Balaban J connectivity index is 2.58. The van der Waals surface area contributed by atoms with Crippen LogP contribution in [0.2, 0.25) is 0 Å². The maximum absolute atomic E-state index is 13.5. The van der Waals surface area contributed by atoms with Crippen LogP contribution in [0.1, 0.15) is 12.7 Å². The number of nitrogen functional groups attached to an aromatic ring is 1. The summed E-state index contributed by atoms with van der Waals surface area (Å²) in [5.41, 5.74) is 5.85. The third-order valence-electron chi connectivity index (χ3n) is 2.09. The molecule has 0 bridgehead atoms. The number of aryl methyl sites for hydroxylation is 1. The molecular weight excluding hydrogens is 195 g/mol. The van der Waals surface area contributed by atoms with Gasteiger partial charge in [-0.1, -0.05) is 19.1 Å². The molecule has 78 valence electrons. The number of aromatic nitrogens is 3. The second kappa shape index (κ2) is 3.68. The Morgan fingerprint density at radius 2 is 2.13 bits per heavy atom. The predicted molar refractivity (Wildman–Crippen MR) is 55.1 cm³/mol. The van der Waals surface area contributed by atoms with Crippen LogP contribution in [0.25, 0.3) is 5.69 Å². The molecule has 0 atom stereocenters. The van der Waals surface area contributed by atoms with E-state index in [2.05, 4.69) is 10.1 Å². The highest BCUT2D eigenvalue weighted by molar-refractivity contribution is 5.34. The molecule has 0 fully saturated rings. The van der Waals surface area contributed by atoms with Crippen LogP contribution < -0.4 is 5.73 Å². The van der Waals surface area contributed by atoms with Gasteiger partial charge in [0, 0.05) is 6.42 Å². The van der Waals surface area contributed by atoms with Gasteiger partial charge < -0.3 is 5.73 Å². The topological polar surface area (TPSA) is 56.7 Å². The summed E-state index contributed by atoms with van der Waals surface area (Å²) in [6.45, 7) is 1.92. The molecule has 1 aromatic heterocycles. The van der Waals surface area contributed by atoms with Gasteiger partial charge in [-0.15, -0.1) is 5.10 Å². The summed E-state index contributed by atoms with van der Waals surface area (Å²) in [7, 11) is 0. The van der Waals surface area contributed by atoms with Crippen molar-refractivity contribution >= 4 is 5.95 Å². The van der Waals surface area contributed by atoms with Gasteiger partial charge in [0.2, 0.25) is 5.95 Å². The quantitative estimate of drug-likeness (QED) is 0.811. The molecule has 0 aliphatic carbocycles. The summed E-state index contributed by atoms with van der Waals surface area (Å²) in [5, 5.41) is 3.96. The Hall–Kier alpha value is -1.91. The van der Waals surface area contributed by atoms with Crippen LogP contribution in [0.4, 0.5) is 10.3 Å². The van der Waals surface area contributed by atoms with Crippen molar-refractivity contribution in [1.82, 2.24) is 14.8 Å². The van der Waals surface area contributed by atoms with Crippen LogP contribution >= 0.6 is 0 Å². The minimum Gasteiger partial charge on any atom is -0.366 e. The van der Waals surface area contributed by atoms with Crippen molar-refractivity contribution in [3.63, 3.8) is 0 Å². The van der Waals surface area contributed by atoms with Crippen molar-refractivity contribution in [2.75, 3.05) is 5.73 Å². The van der Waals surface area contributed by atoms with Crippen LogP contribution in [-0.2, 0) is 6.42 Å². The molecule has 2 rings (SSSR count). The van der Waals surface area contributed by atoms with E-state index in [1.807, 2.05) is 6.92 Å². The number of nitrogens with zero attached hydrogens (tertiary/aromatic N) is 3. The predicted octanol–water partition coefficient (Wildman–Crippen LogP) is 1.55. The Morgan fingerprint density at radius 1 is 1.40 bits per heavy atom. The van der Waals surface area contributed by atoms with E-state index in [9.17, 15) is 4.39 Å². The maximum Gasteiger partial charge on any atom is 0.240 e. The molecule has 0 saturated carbocycles. The third kappa shape index (κ3) is 1.68. The summed E-state index contributed by atoms with van der Waals surface area (Å²) in [6, 6.07) is 6.40. The van der Waals surface area contributed by atoms with Crippen LogP contribution in [0.3, 0.4) is 0 Å². The largest absolute Gasteiger partial charge is 0.366 e. The lowest BCUT2D eigenvalue weighted by atomic mass is 10.3. The highest BCUT2D eigenvalue weighted by atomic mass is 19.1. The number of para-hydroxylation sites is 1. The van der Waals surface area contributed by atoms with Gasteiger partial charge >= 0.3 is 0 Å². The molecule has 0 aliphatic heterocycles. The molecule has 0 radical (unpaired) electrons. The minimum atomic E-state index is -0.336. The van der Waals surface area contributed by atoms with Crippen LogP contribution in [0.15, 0.2) is 24.3 Å². The summed E-state index contributed by atoms with van der Waals surface area (Å²) in [4.78, 5) is 4.01. The Labute approximate surface area is 86.6 Å². The fourth-order valence-corrected chi connectivity index (χ4v) is 1.41. The van der Waals surface area contributed by atoms with E-state index in [4.69, 9.17) is 5.73 Å². The van der Waals surface area contributed by atoms with E-state index < -0.39 is 0 Å². The summed E-state index contributed by atoms with van der Waals surface area (Å²) in [6.07, 6.45) is 0.651. The molecule has 2 aromatic rings. The number of anilines is 1. The van der Waals surface area contributed by atoms with Gasteiger partial charge in [0.25, 0.3) is 0 Å². The molecule has 0 saturated heterocycles. The van der Waals surface area contributed by atoms with Crippen molar-refractivity contribution in [1.29, 1.82) is 0 Å². The van der Waals surface area contributed by atoms with Crippen molar-refractivity contribution in [2.24, 2.45) is 0 Å². The lowest BCUT2D eigenvalue weighted by Crippen LogP contribution is -2.04. The second-order valence-corrected chi connectivity index (χ2v) is 3.10. The summed E-state index contributed by atoms with van der Waals surface area (Å²) in [5.74, 6) is 0.477. The van der Waals surface area contributed by atoms with E-state index in [1.165, 1.54) is 10.7 Å². The first-order chi connectivity index (χ1) is 7.22. The third-order valence-corrected chi connectivity index (χ3v) is 2.09. The van der Waals surface area contributed by atoms with Crippen LogP contribution in [0, 0.1) is 5.82 Å². The zero-order valence-corrected chi connectivity index (χ0v) is 8.31. The van der Waals surface area contributed by atoms with E-state index in [0.717, 1.165) is 0 Å². The van der Waals surface area contributed by atoms with Crippen molar-refractivity contribution < 1.29 is 4.39 Å². The number of hydrogen-bond donors (Lipinski definition) is 1. The Morgan fingerprint density at radius 3 is 2.80 bits per heavy atom. The fraction of sp³-hybridized carbons (Fsp3) is 0.200. The summed E-state index contributed by atoms with van der Waals surface area (Å²) >= 11 is 0. The SMILES string of the molecule is CCc1nc(N)nn1-c1ccccc1F. The van der Waals surface area contributed by atoms with Gasteiger partial charge in [0.1, 0.15) is 17.3 Å². The maximum atomic E-state index is 13.5. The number of nitrogens with two attached hydrogens (primary N) is 1. The molecule has 0 amide bonds. The standard InChI is InChI=1S/C10H11FN4/c1-2-9-13-10(12)14-15(9)8-6-4-3-5-7(8)11/h3-6H,2H2,1H3,(H2,12,14). The molecule has 2 N–H and O–H groups in total. The smallest absolute Gasteiger partial charge is 0.240 e. The van der Waals surface area contributed by atoms with Crippen molar-refractivity contribution in [3.05, 3.63) is 35.9 Å². The van der Waals surface area contributed by atoms with E-state index in [-0.39, 0.29) is 11.8 Å². The van der Waals surface area contributed by atoms with E-state index in [1.54, 1.807) is 18.2 Å². The zero-order valence-electron chi connectivity index (χ0n) is 8.31. The first-order valence-electron chi connectivity index (χ1n) is 4.68. The number of rotatable bonds is 2. The number of hydrogen-bond acceptors (Lipinski definition) is 3. The highest BCUT2D eigenvalue weighted by Crippen LogP contribution is 2.14. The molecule has 5 heteroatoms. The normalized spacial score (nSPS) is 10.5. The molecule has 15 heavy (non-hydrogen) atoms. The molecule has 0 spiro atoms. The molecule has 1 aromatic carbocycles. The fourth-order valence-electron chi connectivity index (χ4n) is 1.41. The lowest BCUT2D eigenvalue weighted by Gasteiger charge is -2.04. The van der Waals surface area contributed by atoms with Gasteiger partial charge in [-0.3, -0.25) is 0 Å². The van der Waals surface area contributed by atoms with E-state index >= 15 is 0 Å². The minimum absolute atomic E-state index is 0.162. The van der Waals surface area contributed by atoms with Gasteiger partial charge in [-0.05, 0) is 12.1 Å². The van der Waals surface area contributed by atoms with Gasteiger partial charge in [0.15, 0.2) is 0 Å². The monoisotopic (exact) mass is 206 g/mol. The molecular formula is C10H11FN4. The second-order valence-electron chi connectivity index (χ2n) is 3.10. The Kier molecular flexibility index (Phi) is 2.37. The first kappa shape index (κ1) is 9.64. The molecule has 0 unspecified atom stereocenters. The highest BCUT2D eigenvalue weighted by Gasteiger charge is 2.10. The van der Waals surface area contributed by atoms with E-state index in [0.29, 0.717) is 17.9 Å². The number of halogens is 1. The van der Waals surface area contributed by atoms with Gasteiger partial charge in [-0.2, -0.15) is 4.98 Å². The van der Waals surface area contributed by atoms with Gasteiger partial charge in [-0.25, -0.2) is 9.07 Å². The zero-order chi connectivity index (χ0) is 10.8. The molecule has 0 aliphatic rings. The molecule has 4 nitrogen and oxygen atoms in total.